The summed E-state index contributed by atoms with van der Waals surface area (Å²) in [6, 6.07) is 36.5. The highest BCUT2D eigenvalue weighted by Gasteiger charge is 2.36. The first kappa shape index (κ1) is 22.2. The number of carbonyl (C=O) groups is 1. The Balaban J connectivity index is 1.32. The van der Waals surface area contributed by atoms with Crippen LogP contribution in [0.1, 0.15) is 41.5 Å². The summed E-state index contributed by atoms with van der Waals surface area (Å²) in [6.07, 6.45) is 1.31. The number of Topliss-reactive ketones (excluding diaryl/α,β-unsaturated/α-hetero) is 1. The van der Waals surface area contributed by atoms with E-state index in [1.165, 1.54) is 5.56 Å². The van der Waals surface area contributed by atoms with Gasteiger partial charge in [-0.2, -0.15) is 0 Å². The van der Waals surface area contributed by atoms with Gasteiger partial charge in [-0.1, -0.05) is 84.9 Å². The SMILES string of the molecule is O=C1C[C@@H](c2ccccc2)CC2=C1[C@@H](c1ccc(OCc3ccccc3)cc1)Nc1ccccc1N2. The summed E-state index contributed by atoms with van der Waals surface area (Å²) in [5, 5.41) is 7.27. The molecule has 4 aromatic rings. The second-order valence-electron chi connectivity index (χ2n) is 9.42. The van der Waals surface area contributed by atoms with E-state index in [1.54, 1.807) is 0 Å². The van der Waals surface area contributed by atoms with Gasteiger partial charge in [0.1, 0.15) is 12.4 Å². The van der Waals surface area contributed by atoms with Gasteiger partial charge in [-0.25, -0.2) is 0 Å². The number of fused-ring (bicyclic) bond motifs is 1. The van der Waals surface area contributed by atoms with Crippen molar-refractivity contribution in [3.05, 3.63) is 137 Å². The molecular formula is C32H28N2O2. The average molecular weight is 473 g/mol. The average Bonchev–Trinajstić information content (AvgIpc) is 3.10. The number of allylic oxidation sites excluding steroid dienone is 1. The van der Waals surface area contributed by atoms with E-state index in [1.807, 2.05) is 60.7 Å². The Morgan fingerprint density at radius 1 is 0.694 bits per heavy atom. The fourth-order valence-corrected chi connectivity index (χ4v) is 5.20. The van der Waals surface area contributed by atoms with Crippen molar-refractivity contribution < 1.29 is 9.53 Å². The van der Waals surface area contributed by atoms with E-state index in [0.717, 1.165) is 45.9 Å². The monoisotopic (exact) mass is 472 g/mol. The van der Waals surface area contributed by atoms with Crippen LogP contribution in [0.15, 0.2) is 120 Å². The van der Waals surface area contributed by atoms with Gasteiger partial charge in [0.2, 0.25) is 0 Å². The van der Waals surface area contributed by atoms with Crippen LogP contribution in [0.4, 0.5) is 11.4 Å². The minimum absolute atomic E-state index is 0.171. The number of anilines is 2. The Morgan fingerprint density at radius 2 is 1.36 bits per heavy atom. The molecule has 36 heavy (non-hydrogen) atoms. The molecule has 2 N–H and O–H groups in total. The number of nitrogens with one attached hydrogen (secondary N) is 2. The molecule has 0 aromatic heterocycles. The largest absolute Gasteiger partial charge is 0.489 e. The third-order valence-corrected chi connectivity index (χ3v) is 7.04. The minimum atomic E-state index is -0.233. The second-order valence-corrected chi connectivity index (χ2v) is 9.42. The van der Waals surface area contributed by atoms with Crippen LogP contribution in [0.5, 0.6) is 5.75 Å². The highest BCUT2D eigenvalue weighted by molar-refractivity contribution is 6.01. The van der Waals surface area contributed by atoms with Crippen molar-refractivity contribution in [2.24, 2.45) is 0 Å². The third-order valence-electron chi connectivity index (χ3n) is 7.04. The number of rotatable bonds is 5. The quantitative estimate of drug-likeness (QED) is 0.321. The van der Waals surface area contributed by atoms with Crippen LogP contribution in [-0.2, 0) is 11.4 Å². The van der Waals surface area contributed by atoms with Crippen molar-refractivity contribution >= 4 is 17.2 Å². The summed E-state index contributed by atoms with van der Waals surface area (Å²) in [5.41, 5.74) is 7.21. The Kier molecular flexibility index (Phi) is 6.00. The molecule has 0 radical (unpaired) electrons. The van der Waals surface area contributed by atoms with E-state index in [4.69, 9.17) is 4.74 Å². The lowest BCUT2D eigenvalue weighted by atomic mass is 9.78. The van der Waals surface area contributed by atoms with Gasteiger partial charge in [-0.3, -0.25) is 4.79 Å². The third kappa shape index (κ3) is 4.50. The van der Waals surface area contributed by atoms with Gasteiger partial charge in [-0.15, -0.1) is 0 Å². The lowest BCUT2D eigenvalue weighted by Gasteiger charge is -2.30. The fourth-order valence-electron chi connectivity index (χ4n) is 5.20. The van der Waals surface area contributed by atoms with Gasteiger partial charge in [0.05, 0.1) is 17.4 Å². The second kappa shape index (κ2) is 9.74. The number of carbonyl (C=O) groups excluding carboxylic acids is 1. The van der Waals surface area contributed by atoms with Crippen molar-refractivity contribution in [2.45, 2.75) is 31.4 Å². The first-order valence-corrected chi connectivity index (χ1v) is 12.4. The lowest BCUT2D eigenvalue weighted by Crippen LogP contribution is -2.26. The summed E-state index contributed by atoms with van der Waals surface area (Å²) >= 11 is 0. The molecule has 4 heteroatoms. The predicted octanol–water partition coefficient (Wildman–Crippen LogP) is 7.25. The molecular weight excluding hydrogens is 444 g/mol. The van der Waals surface area contributed by atoms with Crippen LogP contribution in [0.3, 0.4) is 0 Å². The molecule has 0 bridgehead atoms. The normalized spacial score (nSPS) is 18.8. The molecule has 2 aliphatic rings. The zero-order valence-electron chi connectivity index (χ0n) is 20.0. The molecule has 0 amide bonds. The first-order valence-electron chi connectivity index (χ1n) is 12.4. The molecule has 4 nitrogen and oxygen atoms in total. The maximum Gasteiger partial charge on any atom is 0.163 e. The fraction of sp³-hybridized carbons (Fsp3) is 0.156. The van der Waals surface area contributed by atoms with Crippen molar-refractivity contribution in [3.8, 4) is 5.75 Å². The standard InChI is InChI=1S/C32H28N2O2/c35-30-20-25(23-11-5-2-6-12-23)19-29-31(30)32(34-28-14-8-7-13-27(28)33-29)24-15-17-26(18-16-24)36-21-22-9-3-1-4-10-22/h1-18,25,32-34H,19-21H2/t25-,32+/m0/s1. The van der Waals surface area contributed by atoms with E-state index in [2.05, 4.69) is 59.2 Å². The van der Waals surface area contributed by atoms with Gasteiger partial charge >= 0.3 is 0 Å². The van der Waals surface area contributed by atoms with Crippen LogP contribution in [0.2, 0.25) is 0 Å². The zero-order chi connectivity index (χ0) is 24.3. The highest BCUT2D eigenvalue weighted by Crippen LogP contribution is 2.44. The van der Waals surface area contributed by atoms with Crippen LogP contribution in [0, 0.1) is 0 Å². The van der Waals surface area contributed by atoms with Crippen molar-refractivity contribution in [2.75, 3.05) is 10.6 Å². The van der Waals surface area contributed by atoms with Gasteiger partial charge < -0.3 is 15.4 Å². The number of benzene rings is 4. The molecule has 0 fully saturated rings. The molecule has 6 rings (SSSR count). The van der Waals surface area contributed by atoms with Gasteiger partial charge in [0.15, 0.2) is 5.78 Å². The van der Waals surface area contributed by atoms with E-state index in [0.29, 0.717) is 13.0 Å². The summed E-state index contributed by atoms with van der Waals surface area (Å²) in [6.45, 7) is 0.522. The Bertz CT molecular complexity index is 1400. The summed E-state index contributed by atoms with van der Waals surface area (Å²) < 4.78 is 5.99. The number of para-hydroxylation sites is 2. The molecule has 0 saturated carbocycles. The van der Waals surface area contributed by atoms with E-state index in [9.17, 15) is 4.79 Å². The van der Waals surface area contributed by atoms with Crippen LogP contribution in [0.25, 0.3) is 0 Å². The number of ketones is 1. The Labute approximate surface area is 211 Å². The van der Waals surface area contributed by atoms with Crippen molar-refractivity contribution in [1.82, 2.24) is 0 Å². The molecule has 1 heterocycles. The summed E-state index contributed by atoms with van der Waals surface area (Å²) in [4.78, 5) is 13.7. The van der Waals surface area contributed by atoms with Crippen LogP contribution in [-0.4, -0.2) is 5.78 Å². The van der Waals surface area contributed by atoms with Gasteiger partial charge in [0, 0.05) is 17.7 Å². The summed E-state index contributed by atoms with van der Waals surface area (Å²) in [7, 11) is 0. The first-order chi connectivity index (χ1) is 17.7. The number of hydrogen-bond acceptors (Lipinski definition) is 4. The smallest absolute Gasteiger partial charge is 0.163 e. The topological polar surface area (TPSA) is 50.4 Å². The molecule has 1 aliphatic heterocycles. The molecule has 178 valence electrons. The minimum Gasteiger partial charge on any atom is -0.489 e. The molecule has 0 unspecified atom stereocenters. The highest BCUT2D eigenvalue weighted by atomic mass is 16.5. The molecule has 4 aromatic carbocycles. The Hall–Kier alpha value is -4.31. The van der Waals surface area contributed by atoms with Crippen molar-refractivity contribution in [1.29, 1.82) is 0 Å². The van der Waals surface area contributed by atoms with E-state index in [-0.39, 0.29) is 17.7 Å². The zero-order valence-corrected chi connectivity index (χ0v) is 20.0. The number of hydrogen-bond donors (Lipinski definition) is 2. The van der Waals surface area contributed by atoms with E-state index < -0.39 is 0 Å². The molecule has 2 atom stereocenters. The maximum absolute atomic E-state index is 13.7. The number of ether oxygens (including phenoxy) is 1. The molecule has 0 spiro atoms. The molecule has 0 saturated heterocycles. The van der Waals surface area contributed by atoms with Gasteiger partial charge in [-0.05, 0) is 53.3 Å². The Morgan fingerprint density at radius 3 is 2.11 bits per heavy atom. The van der Waals surface area contributed by atoms with Gasteiger partial charge in [0.25, 0.3) is 0 Å². The predicted molar refractivity (Wildman–Crippen MR) is 144 cm³/mol. The summed E-state index contributed by atoms with van der Waals surface area (Å²) in [5.74, 6) is 1.17. The van der Waals surface area contributed by atoms with Crippen LogP contribution >= 0.6 is 0 Å². The van der Waals surface area contributed by atoms with E-state index >= 15 is 0 Å². The lowest BCUT2D eigenvalue weighted by molar-refractivity contribution is -0.116. The van der Waals surface area contributed by atoms with Crippen molar-refractivity contribution in [3.63, 3.8) is 0 Å². The maximum atomic E-state index is 13.7. The molecule has 1 aliphatic carbocycles. The van der Waals surface area contributed by atoms with Crippen LogP contribution < -0.4 is 15.4 Å².